The summed E-state index contributed by atoms with van der Waals surface area (Å²) >= 11 is 46.1. The molecule has 168 valence electrons. The molecule has 32 heavy (non-hydrogen) atoms. The first-order chi connectivity index (χ1) is 14.9. The van der Waals surface area contributed by atoms with Crippen molar-refractivity contribution >= 4 is 116 Å². The Morgan fingerprint density at radius 1 is 0.375 bits per heavy atom. The van der Waals surface area contributed by atoms with E-state index in [0.717, 1.165) is 0 Å². The summed E-state index contributed by atoms with van der Waals surface area (Å²) in [4.78, 5) is 45.3. The third-order valence-corrected chi connectivity index (χ3v) is 7.50. The van der Waals surface area contributed by atoms with Gasteiger partial charge in [0.1, 0.15) is 0 Å². The Labute approximate surface area is 220 Å². The quantitative estimate of drug-likeness (QED) is 0.146. The van der Waals surface area contributed by atoms with E-state index in [9.17, 15) is 19.2 Å². The van der Waals surface area contributed by atoms with Gasteiger partial charge in [-0.3, -0.25) is 29.8 Å². The van der Waals surface area contributed by atoms with Gasteiger partial charge in [-0.25, -0.2) is 0 Å². The molecule has 2 heterocycles. The highest BCUT2D eigenvalue weighted by atomic mass is 35.5. The molecule has 2 aromatic carbocycles. The van der Waals surface area contributed by atoms with E-state index in [1.165, 1.54) is 0 Å². The molecule has 0 fully saturated rings. The number of nitrogens with one attached hydrogen (secondary N) is 2. The molecular formula is C18H6Cl8N2O4. The van der Waals surface area contributed by atoms with Crippen LogP contribution in [0, 0.1) is 0 Å². The predicted molar refractivity (Wildman–Crippen MR) is 128 cm³/mol. The SMILES string of the molecule is C=C.O=C1NC(=O)c2c(Cl)c(Cl)c(Cl)c(Cl)c21.O=C1NC(=O)c2c(Cl)c(Cl)c(Cl)c(Cl)c21. The molecular weight excluding hydrogens is 592 g/mol. The minimum Gasteiger partial charge on any atom is -0.288 e. The first-order valence-electron chi connectivity index (χ1n) is 7.83. The summed E-state index contributed by atoms with van der Waals surface area (Å²) in [6.45, 7) is 6.00. The van der Waals surface area contributed by atoms with Gasteiger partial charge in [-0.2, -0.15) is 0 Å². The Balaban J connectivity index is 0.000000211. The first-order valence-corrected chi connectivity index (χ1v) is 10.9. The van der Waals surface area contributed by atoms with E-state index in [2.05, 4.69) is 23.8 Å². The van der Waals surface area contributed by atoms with Crippen molar-refractivity contribution in [3.8, 4) is 0 Å². The Kier molecular flexibility index (Phi) is 8.76. The van der Waals surface area contributed by atoms with Crippen molar-refractivity contribution < 1.29 is 19.2 Å². The number of hydrogen-bond acceptors (Lipinski definition) is 4. The van der Waals surface area contributed by atoms with Crippen molar-refractivity contribution in [3.63, 3.8) is 0 Å². The number of carbonyl (C=O) groups excluding carboxylic acids is 4. The molecule has 2 aliphatic heterocycles. The zero-order valence-electron chi connectivity index (χ0n) is 15.1. The van der Waals surface area contributed by atoms with Gasteiger partial charge in [0, 0.05) is 0 Å². The van der Waals surface area contributed by atoms with Gasteiger partial charge in [0.05, 0.1) is 62.4 Å². The van der Waals surface area contributed by atoms with Crippen molar-refractivity contribution in [1.29, 1.82) is 0 Å². The van der Waals surface area contributed by atoms with Crippen LogP contribution in [0.1, 0.15) is 41.4 Å². The lowest BCUT2D eigenvalue weighted by atomic mass is 10.1. The van der Waals surface area contributed by atoms with Crippen LogP contribution in [0.25, 0.3) is 0 Å². The van der Waals surface area contributed by atoms with Gasteiger partial charge >= 0.3 is 0 Å². The molecule has 0 aliphatic carbocycles. The van der Waals surface area contributed by atoms with E-state index in [1.54, 1.807) is 0 Å². The van der Waals surface area contributed by atoms with Gasteiger partial charge in [-0.1, -0.05) is 92.8 Å². The lowest BCUT2D eigenvalue weighted by Crippen LogP contribution is -2.20. The van der Waals surface area contributed by atoms with Gasteiger partial charge in [0.15, 0.2) is 0 Å². The topological polar surface area (TPSA) is 92.3 Å². The average molecular weight is 598 g/mol. The van der Waals surface area contributed by atoms with Gasteiger partial charge < -0.3 is 0 Å². The molecule has 6 nitrogen and oxygen atoms in total. The molecule has 0 bridgehead atoms. The normalized spacial score (nSPS) is 13.4. The van der Waals surface area contributed by atoms with Gasteiger partial charge in [0.25, 0.3) is 23.6 Å². The van der Waals surface area contributed by atoms with E-state index in [0.29, 0.717) is 0 Å². The van der Waals surface area contributed by atoms with Crippen molar-refractivity contribution in [3.05, 3.63) is 75.6 Å². The molecule has 4 amide bonds. The number of rotatable bonds is 0. The molecule has 0 saturated carbocycles. The van der Waals surface area contributed by atoms with Crippen molar-refractivity contribution in [2.45, 2.75) is 0 Å². The number of amides is 4. The van der Waals surface area contributed by atoms with Crippen molar-refractivity contribution in [1.82, 2.24) is 10.6 Å². The molecule has 2 aromatic rings. The van der Waals surface area contributed by atoms with E-state index in [1.807, 2.05) is 0 Å². The second-order valence-corrected chi connectivity index (χ2v) is 8.60. The molecule has 2 N–H and O–H groups in total. The summed E-state index contributed by atoms with van der Waals surface area (Å²) < 4.78 is 0. The first kappa shape index (κ1) is 27.0. The van der Waals surface area contributed by atoms with Crippen LogP contribution in [-0.2, 0) is 0 Å². The minimum atomic E-state index is -0.625. The van der Waals surface area contributed by atoms with Crippen LogP contribution in [0.4, 0.5) is 0 Å². The second kappa shape index (κ2) is 10.4. The Hall–Kier alpha value is -1.22. The third-order valence-electron chi connectivity index (χ3n) is 3.90. The van der Waals surface area contributed by atoms with Crippen LogP contribution in [0.15, 0.2) is 13.2 Å². The maximum absolute atomic E-state index is 11.3. The lowest BCUT2D eigenvalue weighted by molar-refractivity contribution is 0.0863. The molecule has 2 aliphatic rings. The monoisotopic (exact) mass is 594 g/mol. The third kappa shape index (κ3) is 4.43. The molecule has 0 saturated heterocycles. The number of imide groups is 2. The summed E-state index contributed by atoms with van der Waals surface area (Å²) in [7, 11) is 0. The molecule has 0 aromatic heterocycles. The number of benzene rings is 2. The molecule has 14 heteroatoms. The smallest absolute Gasteiger partial charge is 0.260 e. The van der Waals surface area contributed by atoms with E-state index in [4.69, 9.17) is 92.8 Å². The van der Waals surface area contributed by atoms with Gasteiger partial charge in [0.2, 0.25) is 0 Å². The number of hydrogen-bond donors (Lipinski definition) is 2. The van der Waals surface area contributed by atoms with Crippen molar-refractivity contribution in [2.75, 3.05) is 0 Å². The summed E-state index contributed by atoms with van der Waals surface area (Å²) in [6, 6.07) is 0. The van der Waals surface area contributed by atoms with Crippen LogP contribution in [-0.4, -0.2) is 23.6 Å². The van der Waals surface area contributed by atoms with Crippen LogP contribution in [0.3, 0.4) is 0 Å². The average Bonchev–Trinajstić information content (AvgIpc) is 3.23. The van der Waals surface area contributed by atoms with E-state index < -0.39 is 23.6 Å². The zero-order chi connectivity index (χ0) is 24.7. The molecule has 4 rings (SSSR count). The molecule has 0 radical (unpaired) electrons. The highest BCUT2D eigenvalue weighted by molar-refractivity contribution is 6.56. The van der Waals surface area contributed by atoms with Crippen molar-refractivity contribution in [2.24, 2.45) is 0 Å². The van der Waals surface area contributed by atoms with Crippen LogP contribution in [0.2, 0.25) is 40.2 Å². The van der Waals surface area contributed by atoms with Crippen LogP contribution >= 0.6 is 92.8 Å². The zero-order valence-corrected chi connectivity index (χ0v) is 21.1. The standard InChI is InChI=1S/2C8HCl4NO2.C2H4/c2*9-3-1-2(8(15)13-7(1)14)4(10)6(12)5(3)11;1-2/h2*(H,13,14,15);1-2H2. The maximum Gasteiger partial charge on any atom is 0.260 e. The predicted octanol–water partition coefficient (Wildman–Crippen LogP) is 7.17. The fraction of sp³-hybridized carbons (Fsp3) is 0. The fourth-order valence-corrected chi connectivity index (χ4v) is 4.62. The highest BCUT2D eigenvalue weighted by Crippen LogP contribution is 2.44. The molecule has 0 unspecified atom stereocenters. The summed E-state index contributed by atoms with van der Waals surface area (Å²) in [5, 5.41) is 3.71. The number of halogens is 8. The second-order valence-electron chi connectivity index (χ2n) is 5.58. The number of carbonyl (C=O) groups is 4. The summed E-state index contributed by atoms with van der Waals surface area (Å²) in [5.74, 6) is -2.50. The van der Waals surface area contributed by atoms with Gasteiger partial charge in [-0.15, -0.1) is 13.2 Å². The molecule has 0 atom stereocenters. The highest BCUT2D eigenvalue weighted by Gasteiger charge is 2.36. The Morgan fingerprint density at radius 2 is 0.531 bits per heavy atom. The largest absolute Gasteiger partial charge is 0.288 e. The lowest BCUT2D eigenvalue weighted by Gasteiger charge is -2.06. The Bertz CT molecular complexity index is 1050. The molecule has 0 spiro atoms. The van der Waals surface area contributed by atoms with Gasteiger partial charge in [-0.05, 0) is 0 Å². The van der Waals surface area contributed by atoms with Crippen LogP contribution in [0.5, 0.6) is 0 Å². The number of fused-ring (bicyclic) bond motifs is 2. The summed E-state index contributed by atoms with van der Waals surface area (Å²) in [6.07, 6.45) is 0. The van der Waals surface area contributed by atoms with Crippen LogP contribution < -0.4 is 10.6 Å². The Morgan fingerprint density at radius 3 is 0.688 bits per heavy atom. The van der Waals surface area contributed by atoms with E-state index in [-0.39, 0.29) is 62.4 Å². The minimum absolute atomic E-state index is 0.0268. The maximum atomic E-state index is 11.3. The van der Waals surface area contributed by atoms with E-state index >= 15 is 0 Å². The fourth-order valence-electron chi connectivity index (χ4n) is 2.57. The summed E-state index contributed by atoms with van der Waals surface area (Å²) in [5.41, 5.74) is -0.107.